The molecule has 6 aromatic carbocycles. The molecule has 95 heavy (non-hydrogen) atoms. The van der Waals surface area contributed by atoms with Crippen LogP contribution < -0.4 is 0 Å². The first-order chi connectivity index (χ1) is 44.8. The molecule has 0 aromatic heterocycles. The average molecular weight is 1390 g/mol. The van der Waals surface area contributed by atoms with Gasteiger partial charge in [-0.25, -0.2) is 16.8 Å². The number of hydrogen-bond acceptors (Lipinski definition) is 14. The maximum atomic E-state index is 13.4. The highest BCUT2D eigenvalue weighted by molar-refractivity contribution is 7.97. The van der Waals surface area contributed by atoms with Crippen LogP contribution in [0.4, 0.5) is 17.6 Å². The van der Waals surface area contributed by atoms with E-state index in [0.29, 0.717) is 64.2 Å². The molecule has 8 fully saturated rings. The van der Waals surface area contributed by atoms with Gasteiger partial charge in [0, 0.05) is 12.8 Å². The standard InChI is InChI=1S/C19H28F2O7S.C18H26F2O7S.2C18H15S/c1-4-16(2,3)14(22)28-18-8-12-5-13(9-18)7-17(6-12,10-18)15(23)27-11-19(20,21)29(24,25)26;1-3-11(2)14(21)27-17-7-12-4-13(8-17)6-16(5-12,9-17)15(22)26-10-18(19,20)28(23,24)25;2*1-4-10-16(11-5-1)19(17-12-6-2-7-13-17)18-14-8-3-9-15-18/h12-13H,4-11H2,1-3H3,(H,24,25,26);11-13H,3-10H2,1-2H3,(H,23,24,25);2*1-15H/q;;2*+1/p-2. The SMILES string of the molecule is CCC(C)(C)C(=O)OC12CC3CC(C1)CC(C(=O)OCC(F)(F)S(=O)(=O)[O-])(C3)C2.CCC(C)C(=O)OC12CC3CC(C1)CC(C(=O)OCC(F)(F)S(=O)(=O)[O-])(C3)C2.c1ccc([S+](c2ccccc2)c2ccccc2)cc1.c1ccc([S+](c2ccccc2)c2ccccc2)cc1. The lowest BCUT2D eigenvalue weighted by Crippen LogP contribution is -2.60. The molecule has 510 valence electrons. The van der Waals surface area contributed by atoms with Gasteiger partial charge in [0.25, 0.3) is 0 Å². The first-order valence-corrected chi connectivity index (χ1v) is 37.4. The summed E-state index contributed by atoms with van der Waals surface area (Å²) in [5, 5.41) is -9.36. The molecule has 14 nitrogen and oxygen atoms in total. The summed E-state index contributed by atoms with van der Waals surface area (Å²) in [5.41, 5.74) is -4.50. The summed E-state index contributed by atoms with van der Waals surface area (Å²) in [6.45, 7) is 5.48. The summed E-state index contributed by atoms with van der Waals surface area (Å²) in [6, 6.07) is 64.3. The molecule has 0 spiro atoms. The van der Waals surface area contributed by atoms with Gasteiger partial charge in [-0.3, -0.25) is 19.2 Å². The molecular formula is C73H82F4O14S4. The van der Waals surface area contributed by atoms with Gasteiger partial charge in [0.05, 0.1) is 44.0 Å². The van der Waals surface area contributed by atoms with Gasteiger partial charge in [-0.2, -0.15) is 17.6 Å². The Morgan fingerprint density at radius 2 is 0.737 bits per heavy atom. The van der Waals surface area contributed by atoms with Crippen molar-refractivity contribution in [3.05, 3.63) is 182 Å². The van der Waals surface area contributed by atoms with E-state index in [9.17, 15) is 62.7 Å². The first kappa shape index (κ1) is 72.7. The first-order valence-electron chi connectivity index (χ1n) is 32.1. The second-order valence-corrected chi connectivity index (χ2v) is 34.1. The summed E-state index contributed by atoms with van der Waals surface area (Å²) in [6.07, 6.45) is 7.52. The lowest BCUT2D eigenvalue weighted by atomic mass is 9.48. The third kappa shape index (κ3) is 17.2. The number of rotatable bonds is 20. The molecule has 8 aliphatic carbocycles. The summed E-state index contributed by atoms with van der Waals surface area (Å²) in [5.74, 6) is -2.41. The Hall–Kier alpha value is -6.56. The summed E-state index contributed by atoms with van der Waals surface area (Å²) in [7, 11) is -11.9. The van der Waals surface area contributed by atoms with E-state index in [1.165, 1.54) is 29.4 Å². The predicted molar refractivity (Wildman–Crippen MR) is 350 cm³/mol. The fourth-order valence-electron chi connectivity index (χ4n) is 14.9. The molecule has 0 amide bonds. The molecule has 5 unspecified atom stereocenters. The van der Waals surface area contributed by atoms with Crippen LogP contribution >= 0.6 is 0 Å². The van der Waals surface area contributed by atoms with E-state index in [-0.39, 0.29) is 76.2 Å². The van der Waals surface area contributed by atoms with Crippen LogP contribution in [-0.4, -0.2) is 84.7 Å². The molecule has 8 saturated carbocycles. The van der Waals surface area contributed by atoms with Gasteiger partial charge < -0.3 is 28.1 Å². The molecule has 8 bridgehead atoms. The van der Waals surface area contributed by atoms with Crippen LogP contribution in [0, 0.1) is 45.8 Å². The minimum absolute atomic E-state index is 0.0146. The van der Waals surface area contributed by atoms with Crippen molar-refractivity contribution in [2.24, 2.45) is 45.8 Å². The average Bonchev–Trinajstić information content (AvgIpc) is 0.723. The number of ether oxygens (including phenoxy) is 4. The molecule has 8 aliphatic rings. The van der Waals surface area contributed by atoms with E-state index in [1.54, 1.807) is 20.8 Å². The number of carbonyl (C=O) groups is 4. The van der Waals surface area contributed by atoms with Crippen molar-refractivity contribution in [3.63, 3.8) is 0 Å². The summed E-state index contributed by atoms with van der Waals surface area (Å²) in [4.78, 5) is 58.7. The van der Waals surface area contributed by atoms with Crippen LogP contribution in [-0.2, 0) is 80.2 Å². The van der Waals surface area contributed by atoms with E-state index < -0.39 is 83.3 Å². The lowest BCUT2D eigenvalue weighted by molar-refractivity contribution is -0.219. The van der Waals surface area contributed by atoms with Gasteiger partial charge in [0.15, 0.2) is 62.8 Å². The maximum Gasteiger partial charge on any atom is 0.367 e. The van der Waals surface area contributed by atoms with E-state index >= 15 is 0 Å². The highest BCUT2D eigenvalue weighted by Crippen LogP contribution is 2.65. The molecule has 0 heterocycles. The van der Waals surface area contributed by atoms with E-state index in [4.69, 9.17) is 9.47 Å². The van der Waals surface area contributed by atoms with Crippen molar-refractivity contribution in [2.45, 2.75) is 176 Å². The van der Waals surface area contributed by atoms with Gasteiger partial charge in [-0.05, 0) is 187 Å². The Kier molecular flexibility index (Phi) is 22.7. The zero-order valence-corrected chi connectivity index (χ0v) is 57.1. The van der Waals surface area contributed by atoms with Crippen molar-refractivity contribution < 1.29 is 81.6 Å². The van der Waals surface area contributed by atoms with Crippen molar-refractivity contribution in [1.29, 1.82) is 0 Å². The highest BCUT2D eigenvalue weighted by atomic mass is 32.2. The fourth-order valence-corrected chi connectivity index (χ4v) is 19.6. The summed E-state index contributed by atoms with van der Waals surface area (Å²) < 4.78 is 139. The van der Waals surface area contributed by atoms with Gasteiger partial charge >= 0.3 is 34.4 Å². The molecule has 0 radical (unpaired) electrons. The monoisotopic (exact) mass is 1390 g/mol. The number of carbonyl (C=O) groups excluding carboxylic acids is 4. The molecule has 0 N–H and O–H groups in total. The van der Waals surface area contributed by atoms with Crippen LogP contribution in [0.3, 0.4) is 0 Å². The number of esters is 4. The number of halogens is 4. The number of benzene rings is 6. The molecule has 5 atom stereocenters. The zero-order valence-electron chi connectivity index (χ0n) is 53.9. The fraction of sp³-hybridized carbons (Fsp3) is 0.452. The normalized spacial score (nSPS) is 25.1. The van der Waals surface area contributed by atoms with Gasteiger partial charge in [0.2, 0.25) is 0 Å². The van der Waals surface area contributed by atoms with E-state index in [0.717, 1.165) is 12.8 Å². The summed E-state index contributed by atoms with van der Waals surface area (Å²) >= 11 is 0. The van der Waals surface area contributed by atoms with Crippen molar-refractivity contribution in [2.75, 3.05) is 13.2 Å². The van der Waals surface area contributed by atoms with E-state index in [2.05, 4.69) is 191 Å². The Morgan fingerprint density at radius 1 is 0.474 bits per heavy atom. The minimum Gasteiger partial charge on any atom is -0.743 e. The van der Waals surface area contributed by atoms with Gasteiger partial charge in [-0.15, -0.1) is 0 Å². The second-order valence-electron chi connectivity index (χ2n) is 27.0. The third-order valence-electron chi connectivity index (χ3n) is 19.3. The van der Waals surface area contributed by atoms with E-state index in [1.807, 2.05) is 13.8 Å². The minimum atomic E-state index is -5.93. The maximum absolute atomic E-state index is 13.4. The third-order valence-corrected chi connectivity index (χ3v) is 25.5. The van der Waals surface area contributed by atoms with Crippen LogP contribution in [0.25, 0.3) is 0 Å². The van der Waals surface area contributed by atoms with Crippen LogP contribution in [0.15, 0.2) is 211 Å². The van der Waals surface area contributed by atoms with Crippen molar-refractivity contribution in [1.82, 2.24) is 0 Å². The topological polar surface area (TPSA) is 220 Å². The predicted octanol–water partition coefficient (Wildman–Crippen LogP) is 15.1. The quantitative estimate of drug-likeness (QED) is 0.0228. The highest BCUT2D eigenvalue weighted by Gasteiger charge is 2.65. The van der Waals surface area contributed by atoms with Gasteiger partial charge in [-0.1, -0.05) is 130 Å². The Morgan fingerprint density at radius 3 is 0.979 bits per heavy atom. The van der Waals surface area contributed by atoms with Crippen molar-refractivity contribution >= 4 is 65.9 Å². The second kappa shape index (κ2) is 29.7. The Bertz CT molecular complexity index is 3480. The van der Waals surface area contributed by atoms with Crippen LogP contribution in [0.5, 0.6) is 0 Å². The number of alkyl halides is 4. The molecular weight excluding hydrogens is 1310 g/mol. The smallest absolute Gasteiger partial charge is 0.367 e. The molecule has 14 rings (SSSR count). The zero-order chi connectivity index (χ0) is 68.7. The molecule has 22 heteroatoms. The van der Waals surface area contributed by atoms with Gasteiger partial charge in [0.1, 0.15) is 11.2 Å². The van der Waals surface area contributed by atoms with Crippen LogP contribution in [0.2, 0.25) is 0 Å². The lowest BCUT2D eigenvalue weighted by Gasteiger charge is -2.60. The van der Waals surface area contributed by atoms with Crippen molar-refractivity contribution in [3.8, 4) is 0 Å². The Balaban J connectivity index is 0.000000151. The molecule has 6 aromatic rings. The molecule has 0 saturated heterocycles. The Labute approximate surface area is 560 Å². The van der Waals surface area contributed by atoms with Crippen LogP contribution in [0.1, 0.15) is 125 Å². The molecule has 0 aliphatic heterocycles. The number of hydrogen-bond donors (Lipinski definition) is 0. The largest absolute Gasteiger partial charge is 0.743 e.